The van der Waals surface area contributed by atoms with Crippen molar-refractivity contribution < 1.29 is 14.3 Å². The number of carbonyl (C=O) groups excluding carboxylic acids is 1. The fraction of sp³-hybridized carbons (Fsp3) is 0.462. The van der Waals surface area contributed by atoms with Gasteiger partial charge in [-0.3, -0.25) is 9.78 Å². The van der Waals surface area contributed by atoms with Gasteiger partial charge in [-0.1, -0.05) is 0 Å². The predicted octanol–water partition coefficient (Wildman–Crippen LogP) is 2.74. The van der Waals surface area contributed by atoms with E-state index in [1.165, 1.54) is 0 Å². The summed E-state index contributed by atoms with van der Waals surface area (Å²) in [4.78, 5) is 20.8. The van der Waals surface area contributed by atoms with Crippen molar-refractivity contribution in [1.82, 2.24) is 25.5 Å². The molecule has 184 valence electrons. The lowest BCUT2D eigenvalue weighted by molar-refractivity contribution is -0.165. The van der Waals surface area contributed by atoms with E-state index in [0.717, 1.165) is 54.6 Å². The summed E-state index contributed by atoms with van der Waals surface area (Å²) in [5.41, 5.74) is 4.15. The molecule has 1 amide bonds. The minimum atomic E-state index is -0.193. The minimum Gasteiger partial charge on any atom is -0.480 e. The second-order valence-electron chi connectivity index (χ2n) is 10.1. The van der Waals surface area contributed by atoms with Crippen molar-refractivity contribution in [2.45, 2.75) is 63.1 Å². The van der Waals surface area contributed by atoms with Gasteiger partial charge in [-0.2, -0.15) is 5.26 Å². The van der Waals surface area contributed by atoms with Crippen molar-refractivity contribution in [3.63, 3.8) is 0 Å². The van der Waals surface area contributed by atoms with Gasteiger partial charge in [0.1, 0.15) is 11.6 Å². The molecular weight excluding hydrogens is 458 g/mol. The summed E-state index contributed by atoms with van der Waals surface area (Å²) >= 11 is 0. The molecule has 10 heteroatoms. The molecule has 3 aromatic rings. The second-order valence-corrected chi connectivity index (χ2v) is 10.1. The third kappa shape index (κ3) is 4.14. The first-order chi connectivity index (χ1) is 17.5. The van der Waals surface area contributed by atoms with E-state index in [-0.39, 0.29) is 23.7 Å². The summed E-state index contributed by atoms with van der Waals surface area (Å²) in [5, 5.41) is 24.4. The van der Waals surface area contributed by atoms with E-state index < -0.39 is 0 Å². The number of pyridine rings is 2. The molecule has 4 aliphatic rings. The zero-order valence-corrected chi connectivity index (χ0v) is 20.1. The van der Waals surface area contributed by atoms with E-state index in [2.05, 4.69) is 36.9 Å². The summed E-state index contributed by atoms with van der Waals surface area (Å²) < 4.78 is 11.9. The zero-order chi connectivity index (χ0) is 24.8. The van der Waals surface area contributed by atoms with Crippen LogP contribution in [0.1, 0.15) is 54.7 Å². The van der Waals surface area contributed by atoms with Gasteiger partial charge in [0.25, 0.3) is 5.91 Å². The highest BCUT2D eigenvalue weighted by molar-refractivity contribution is 5.94. The Labute approximate surface area is 208 Å². The van der Waals surface area contributed by atoms with Gasteiger partial charge < -0.3 is 20.1 Å². The molecule has 6 heterocycles. The molecule has 2 saturated heterocycles. The summed E-state index contributed by atoms with van der Waals surface area (Å²) in [6.45, 7) is 3.19. The lowest BCUT2D eigenvalue weighted by Crippen LogP contribution is -2.61. The molecule has 1 aliphatic carbocycles. The lowest BCUT2D eigenvalue weighted by atomic mass is 9.69. The number of nitrogens with zero attached hydrogens (tertiary/aromatic N) is 5. The van der Waals surface area contributed by atoms with Gasteiger partial charge in [-0.15, -0.1) is 10.2 Å². The Hall–Kier alpha value is -3.68. The second kappa shape index (κ2) is 8.76. The molecule has 2 N–H and O–H groups in total. The smallest absolute Gasteiger partial charge is 0.263 e. The number of rotatable bonds is 6. The fourth-order valence-electron chi connectivity index (χ4n) is 5.50. The maximum atomic E-state index is 11.6. The number of hydrogen-bond acceptors (Lipinski definition) is 9. The summed E-state index contributed by atoms with van der Waals surface area (Å²) in [5.74, 6) is 0.888. The van der Waals surface area contributed by atoms with Crippen molar-refractivity contribution >= 4 is 22.8 Å². The van der Waals surface area contributed by atoms with Crippen LogP contribution in [0.25, 0.3) is 11.0 Å². The average molecular weight is 486 g/mol. The molecule has 0 spiro atoms. The van der Waals surface area contributed by atoms with Crippen LogP contribution >= 0.6 is 0 Å². The Kier molecular flexibility index (Phi) is 5.54. The molecule has 7 rings (SSSR count). The van der Waals surface area contributed by atoms with Crippen molar-refractivity contribution in [3.05, 3.63) is 46.9 Å². The Morgan fingerprint density at radius 2 is 2.00 bits per heavy atom. The van der Waals surface area contributed by atoms with Gasteiger partial charge in [-0.05, 0) is 69.7 Å². The van der Waals surface area contributed by atoms with Crippen LogP contribution in [0.4, 0.5) is 5.82 Å². The summed E-state index contributed by atoms with van der Waals surface area (Å²) in [6, 6.07) is 9.78. The number of fused-ring (bicyclic) bond motifs is 5. The quantitative estimate of drug-likeness (QED) is 0.540. The first-order valence-corrected chi connectivity index (χ1v) is 12.3. The van der Waals surface area contributed by atoms with Crippen molar-refractivity contribution in [3.8, 4) is 11.8 Å². The van der Waals surface area contributed by atoms with Crippen molar-refractivity contribution in [2.24, 2.45) is 0 Å². The Balaban J connectivity index is 1.11. The zero-order valence-electron chi connectivity index (χ0n) is 20.1. The van der Waals surface area contributed by atoms with Gasteiger partial charge in [0.15, 0.2) is 23.9 Å². The number of aryl methyl sites for hydroxylation is 2. The first-order valence-electron chi connectivity index (χ1n) is 12.3. The van der Waals surface area contributed by atoms with E-state index in [9.17, 15) is 10.1 Å². The SMILES string of the molecule is Cc1ccc2nnc(C#N)c(CCC34CCC(NCc5ccc6c(n5)NC(=O)CO6)(CC3)CO4)c2n1. The van der Waals surface area contributed by atoms with Crippen LogP contribution in [0.15, 0.2) is 24.3 Å². The largest absolute Gasteiger partial charge is 0.480 e. The highest BCUT2D eigenvalue weighted by Gasteiger charge is 2.49. The van der Waals surface area contributed by atoms with E-state index in [1.54, 1.807) is 0 Å². The highest BCUT2D eigenvalue weighted by Crippen LogP contribution is 2.46. The molecule has 0 radical (unpaired) electrons. The monoisotopic (exact) mass is 485 g/mol. The van der Waals surface area contributed by atoms with Gasteiger partial charge in [-0.25, -0.2) is 4.98 Å². The van der Waals surface area contributed by atoms with Crippen LogP contribution in [-0.2, 0) is 22.5 Å². The molecular formula is C26H27N7O3. The topological polar surface area (TPSA) is 135 Å². The van der Waals surface area contributed by atoms with Gasteiger partial charge in [0, 0.05) is 23.3 Å². The van der Waals surface area contributed by atoms with Crippen LogP contribution in [0, 0.1) is 18.3 Å². The number of carbonyl (C=O) groups is 1. The number of amides is 1. The number of nitrogens with one attached hydrogen (secondary N) is 2. The van der Waals surface area contributed by atoms with E-state index >= 15 is 0 Å². The summed E-state index contributed by atoms with van der Waals surface area (Å²) in [7, 11) is 0. The first kappa shape index (κ1) is 22.8. The molecule has 1 saturated carbocycles. The maximum Gasteiger partial charge on any atom is 0.263 e. The molecule has 3 aliphatic heterocycles. The Bertz CT molecular complexity index is 1380. The third-order valence-corrected chi connectivity index (χ3v) is 7.73. The average Bonchev–Trinajstić information content (AvgIpc) is 2.91. The summed E-state index contributed by atoms with van der Waals surface area (Å²) in [6.07, 6.45) is 5.42. The van der Waals surface area contributed by atoms with Crippen LogP contribution in [-0.4, -0.2) is 50.4 Å². The molecule has 3 aromatic heterocycles. The predicted molar refractivity (Wildman–Crippen MR) is 130 cm³/mol. The Morgan fingerprint density at radius 1 is 1.14 bits per heavy atom. The van der Waals surface area contributed by atoms with Crippen LogP contribution in [0.2, 0.25) is 0 Å². The van der Waals surface area contributed by atoms with Crippen LogP contribution in [0.5, 0.6) is 5.75 Å². The molecule has 10 nitrogen and oxygen atoms in total. The fourth-order valence-corrected chi connectivity index (χ4v) is 5.50. The van der Waals surface area contributed by atoms with Crippen molar-refractivity contribution in [2.75, 3.05) is 18.5 Å². The van der Waals surface area contributed by atoms with E-state index in [4.69, 9.17) is 9.47 Å². The van der Waals surface area contributed by atoms with E-state index in [1.807, 2.05) is 31.2 Å². The van der Waals surface area contributed by atoms with Crippen LogP contribution in [0.3, 0.4) is 0 Å². The van der Waals surface area contributed by atoms with Gasteiger partial charge >= 0.3 is 0 Å². The number of nitriles is 1. The normalized spacial score (nSPS) is 24.6. The molecule has 3 fully saturated rings. The lowest BCUT2D eigenvalue weighted by Gasteiger charge is -2.53. The molecule has 36 heavy (non-hydrogen) atoms. The Morgan fingerprint density at radius 3 is 2.78 bits per heavy atom. The molecule has 0 unspecified atom stereocenters. The van der Waals surface area contributed by atoms with Gasteiger partial charge in [0.05, 0.1) is 23.4 Å². The third-order valence-electron chi connectivity index (χ3n) is 7.73. The molecule has 0 atom stereocenters. The highest BCUT2D eigenvalue weighted by atomic mass is 16.5. The number of hydrogen-bond donors (Lipinski definition) is 2. The minimum absolute atomic E-state index is 0.0242. The molecule has 2 bridgehead atoms. The number of anilines is 1. The maximum absolute atomic E-state index is 11.6. The standard InChI is InChI=1S/C26H27N7O3/c1-16-2-4-19-23(29-16)18(20(12-27)33-32-19)6-7-26-10-8-25(9-11-26,15-36-26)28-13-17-3-5-21-24(30-17)31-22(34)14-35-21/h2-5,28H,6-11,13-15H2,1H3,(H,30,31,34). The van der Waals surface area contributed by atoms with E-state index in [0.29, 0.717) is 42.4 Å². The van der Waals surface area contributed by atoms with Gasteiger partial charge in [0.2, 0.25) is 0 Å². The van der Waals surface area contributed by atoms with Crippen LogP contribution < -0.4 is 15.4 Å². The number of aromatic nitrogens is 4. The molecule has 0 aromatic carbocycles. The van der Waals surface area contributed by atoms with Crippen molar-refractivity contribution in [1.29, 1.82) is 5.26 Å². The number of ether oxygens (including phenoxy) is 2.